The average Bonchev–Trinajstić information content (AvgIpc) is 2.99. The molecule has 1 aliphatic carbocycles. The number of hydrogen-bond acceptors (Lipinski definition) is 2. The third-order valence-corrected chi connectivity index (χ3v) is 2.89. The molecule has 2 fully saturated rings. The second-order valence-electron chi connectivity index (χ2n) is 4.19. The summed E-state index contributed by atoms with van der Waals surface area (Å²) in [6.07, 6.45) is 6.02. The van der Waals surface area contributed by atoms with Gasteiger partial charge in [0.1, 0.15) is 0 Å². The molecule has 0 spiro atoms. The first kappa shape index (κ1) is 9.00. The number of piperidine rings is 1. The molecule has 1 saturated heterocycles. The van der Waals surface area contributed by atoms with E-state index in [1.54, 1.807) is 0 Å². The fourth-order valence-electron chi connectivity index (χ4n) is 1.77. The van der Waals surface area contributed by atoms with Gasteiger partial charge < -0.3 is 10.6 Å². The van der Waals surface area contributed by atoms with Gasteiger partial charge in [0.25, 0.3) is 0 Å². The summed E-state index contributed by atoms with van der Waals surface area (Å²) in [5.41, 5.74) is 0. The van der Waals surface area contributed by atoms with Crippen molar-refractivity contribution in [2.75, 3.05) is 13.1 Å². The van der Waals surface area contributed by atoms with Gasteiger partial charge in [0, 0.05) is 6.54 Å². The lowest BCUT2D eigenvalue weighted by molar-refractivity contribution is -0.123. The largest absolute Gasteiger partial charge is 0.354 e. The Labute approximate surface area is 79.3 Å². The van der Waals surface area contributed by atoms with Gasteiger partial charge >= 0.3 is 0 Å². The predicted molar refractivity (Wildman–Crippen MR) is 51.4 cm³/mol. The molecule has 0 radical (unpaired) electrons. The van der Waals surface area contributed by atoms with Crippen molar-refractivity contribution < 1.29 is 4.79 Å². The van der Waals surface area contributed by atoms with Gasteiger partial charge in [0.05, 0.1) is 6.04 Å². The van der Waals surface area contributed by atoms with E-state index in [1.807, 2.05) is 0 Å². The van der Waals surface area contributed by atoms with Crippen LogP contribution in [0.4, 0.5) is 0 Å². The second-order valence-corrected chi connectivity index (χ2v) is 4.19. The van der Waals surface area contributed by atoms with Crippen LogP contribution in [0.1, 0.15) is 32.1 Å². The first-order chi connectivity index (χ1) is 6.36. The maximum atomic E-state index is 11.6. The highest BCUT2D eigenvalue weighted by Crippen LogP contribution is 2.27. The van der Waals surface area contributed by atoms with Crippen LogP contribution in [-0.2, 0) is 4.79 Å². The highest BCUT2D eigenvalue weighted by molar-refractivity contribution is 5.81. The lowest BCUT2D eigenvalue weighted by atomic mass is 10.0. The quantitative estimate of drug-likeness (QED) is 0.673. The molecule has 2 rings (SSSR count). The molecular formula is C10H18N2O. The lowest BCUT2D eigenvalue weighted by Crippen LogP contribution is -2.47. The minimum atomic E-state index is 0.0903. The van der Waals surface area contributed by atoms with Crippen molar-refractivity contribution in [3.05, 3.63) is 0 Å². The van der Waals surface area contributed by atoms with Gasteiger partial charge in [-0.15, -0.1) is 0 Å². The van der Waals surface area contributed by atoms with Crippen LogP contribution in [0.3, 0.4) is 0 Å². The molecule has 2 N–H and O–H groups in total. The molecule has 13 heavy (non-hydrogen) atoms. The van der Waals surface area contributed by atoms with Gasteiger partial charge in [-0.1, -0.05) is 6.42 Å². The van der Waals surface area contributed by atoms with E-state index in [-0.39, 0.29) is 11.9 Å². The van der Waals surface area contributed by atoms with Crippen LogP contribution >= 0.6 is 0 Å². The van der Waals surface area contributed by atoms with Crippen molar-refractivity contribution in [3.8, 4) is 0 Å². The zero-order valence-electron chi connectivity index (χ0n) is 8.01. The molecule has 0 unspecified atom stereocenters. The van der Waals surface area contributed by atoms with Crippen molar-refractivity contribution in [2.24, 2.45) is 5.92 Å². The summed E-state index contributed by atoms with van der Waals surface area (Å²) < 4.78 is 0. The van der Waals surface area contributed by atoms with Crippen molar-refractivity contribution in [1.29, 1.82) is 0 Å². The van der Waals surface area contributed by atoms with E-state index >= 15 is 0 Å². The van der Waals surface area contributed by atoms with E-state index in [9.17, 15) is 4.79 Å². The maximum Gasteiger partial charge on any atom is 0.237 e. The maximum absolute atomic E-state index is 11.6. The van der Waals surface area contributed by atoms with Crippen LogP contribution in [0.15, 0.2) is 0 Å². The Hall–Kier alpha value is -0.570. The summed E-state index contributed by atoms with van der Waals surface area (Å²) in [7, 11) is 0. The van der Waals surface area contributed by atoms with Gasteiger partial charge in [-0.25, -0.2) is 0 Å². The highest BCUT2D eigenvalue weighted by atomic mass is 16.2. The Kier molecular flexibility index (Phi) is 2.83. The molecule has 74 valence electrons. The van der Waals surface area contributed by atoms with Gasteiger partial charge in [-0.3, -0.25) is 4.79 Å². The van der Waals surface area contributed by atoms with Crippen LogP contribution in [0.25, 0.3) is 0 Å². The SMILES string of the molecule is O=C(NCC1CC1)[C@H]1CCCCN1. The fourth-order valence-corrected chi connectivity index (χ4v) is 1.77. The molecule has 0 bridgehead atoms. The highest BCUT2D eigenvalue weighted by Gasteiger charge is 2.24. The summed E-state index contributed by atoms with van der Waals surface area (Å²) in [5.74, 6) is 0.999. The summed E-state index contributed by atoms with van der Waals surface area (Å²) in [4.78, 5) is 11.6. The number of amides is 1. The smallest absolute Gasteiger partial charge is 0.237 e. The number of hydrogen-bond donors (Lipinski definition) is 2. The van der Waals surface area contributed by atoms with E-state index in [1.165, 1.54) is 25.7 Å². The molecule has 2 aliphatic rings. The summed E-state index contributed by atoms with van der Waals surface area (Å²) in [6, 6.07) is 0.0903. The average molecular weight is 182 g/mol. The Morgan fingerprint density at radius 1 is 1.31 bits per heavy atom. The molecule has 1 heterocycles. The minimum absolute atomic E-state index is 0.0903. The number of carbonyl (C=O) groups is 1. The lowest BCUT2D eigenvalue weighted by Gasteiger charge is -2.22. The molecule has 1 amide bonds. The van der Waals surface area contributed by atoms with E-state index < -0.39 is 0 Å². The minimum Gasteiger partial charge on any atom is -0.354 e. The van der Waals surface area contributed by atoms with E-state index in [0.29, 0.717) is 0 Å². The zero-order valence-corrected chi connectivity index (χ0v) is 8.01. The van der Waals surface area contributed by atoms with Crippen molar-refractivity contribution in [2.45, 2.75) is 38.1 Å². The monoisotopic (exact) mass is 182 g/mol. The Morgan fingerprint density at radius 3 is 2.77 bits per heavy atom. The van der Waals surface area contributed by atoms with Crippen molar-refractivity contribution >= 4 is 5.91 Å². The number of rotatable bonds is 3. The fraction of sp³-hybridized carbons (Fsp3) is 0.900. The zero-order chi connectivity index (χ0) is 9.10. The third-order valence-electron chi connectivity index (χ3n) is 2.89. The molecular weight excluding hydrogens is 164 g/mol. The van der Waals surface area contributed by atoms with Crippen LogP contribution in [0, 0.1) is 5.92 Å². The van der Waals surface area contributed by atoms with Crippen LogP contribution in [0.5, 0.6) is 0 Å². The first-order valence-corrected chi connectivity index (χ1v) is 5.37. The van der Waals surface area contributed by atoms with E-state index in [4.69, 9.17) is 0 Å². The van der Waals surface area contributed by atoms with Crippen LogP contribution in [-0.4, -0.2) is 25.0 Å². The molecule has 3 nitrogen and oxygen atoms in total. The second kappa shape index (κ2) is 4.09. The summed E-state index contributed by atoms with van der Waals surface area (Å²) >= 11 is 0. The Morgan fingerprint density at radius 2 is 2.15 bits per heavy atom. The van der Waals surface area contributed by atoms with Gasteiger partial charge in [-0.2, -0.15) is 0 Å². The van der Waals surface area contributed by atoms with E-state index in [2.05, 4.69) is 10.6 Å². The molecule has 1 atom stereocenters. The normalized spacial score (nSPS) is 28.5. The summed E-state index contributed by atoms with van der Waals surface area (Å²) in [5, 5.41) is 6.26. The van der Waals surface area contributed by atoms with Gasteiger partial charge in [0.2, 0.25) is 5.91 Å². The Balaban J connectivity index is 1.67. The standard InChI is InChI=1S/C10H18N2O/c13-10(12-7-8-4-5-8)9-3-1-2-6-11-9/h8-9,11H,1-7H2,(H,12,13)/t9-/m1/s1. The molecule has 0 aromatic carbocycles. The molecule has 0 aromatic heterocycles. The van der Waals surface area contributed by atoms with Gasteiger partial charge in [0.15, 0.2) is 0 Å². The third kappa shape index (κ3) is 2.69. The molecule has 0 aromatic rings. The summed E-state index contributed by atoms with van der Waals surface area (Å²) in [6.45, 7) is 1.90. The van der Waals surface area contributed by atoms with Gasteiger partial charge in [-0.05, 0) is 38.1 Å². The molecule has 1 saturated carbocycles. The Bertz CT molecular complexity index is 183. The van der Waals surface area contributed by atoms with E-state index in [0.717, 1.165) is 25.4 Å². The topological polar surface area (TPSA) is 41.1 Å². The number of carbonyl (C=O) groups excluding carboxylic acids is 1. The van der Waals surface area contributed by atoms with Crippen LogP contribution in [0.2, 0.25) is 0 Å². The molecule has 1 aliphatic heterocycles. The van der Waals surface area contributed by atoms with Crippen molar-refractivity contribution in [1.82, 2.24) is 10.6 Å². The molecule has 3 heteroatoms. The first-order valence-electron chi connectivity index (χ1n) is 5.37. The van der Waals surface area contributed by atoms with Crippen molar-refractivity contribution in [3.63, 3.8) is 0 Å². The van der Waals surface area contributed by atoms with Crippen LogP contribution < -0.4 is 10.6 Å². The predicted octanol–water partition coefficient (Wildman–Crippen LogP) is 0.655. The number of nitrogens with one attached hydrogen (secondary N) is 2.